The predicted molar refractivity (Wildman–Crippen MR) is 165 cm³/mol. The van der Waals surface area contributed by atoms with Gasteiger partial charge in [-0.1, -0.05) is 12.8 Å². The van der Waals surface area contributed by atoms with Crippen molar-refractivity contribution in [2.24, 2.45) is 5.92 Å². The number of esters is 2. The SMILES string of the molecule is COCCC(O)(CCCC(C)(C)OC(=O)C1CCCC1)C(=O)OC1C(OC)=CC23CCCN2CCc2cc4c(cc2C13)OCO4. The van der Waals surface area contributed by atoms with Crippen LogP contribution in [-0.4, -0.2) is 85.5 Å². The highest BCUT2D eigenvalue weighted by Gasteiger charge is 2.59. The summed E-state index contributed by atoms with van der Waals surface area (Å²) >= 11 is 0. The zero-order valence-corrected chi connectivity index (χ0v) is 27.2. The van der Waals surface area contributed by atoms with Gasteiger partial charge in [-0.15, -0.1) is 0 Å². The Kier molecular flexibility index (Phi) is 9.11. The molecule has 0 amide bonds. The fourth-order valence-corrected chi connectivity index (χ4v) is 8.29. The molecule has 1 spiro atoms. The second-order valence-electron chi connectivity index (χ2n) is 14.1. The van der Waals surface area contributed by atoms with Gasteiger partial charge in [-0.3, -0.25) is 9.69 Å². The molecule has 10 nitrogen and oxygen atoms in total. The number of aliphatic hydroxyl groups is 1. The highest BCUT2D eigenvalue weighted by atomic mass is 16.7. The van der Waals surface area contributed by atoms with Crippen LogP contribution in [0.15, 0.2) is 24.0 Å². The zero-order chi connectivity index (χ0) is 31.8. The van der Waals surface area contributed by atoms with Gasteiger partial charge in [-0.2, -0.15) is 0 Å². The van der Waals surface area contributed by atoms with Crippen LogP contribution >= 0.6 is 0 Å². The molecule has 1 saturated heterocycles. The molecule has 0 bridgehead atoms. The highest BCUT2D eigenvalue weighted by Crippen LogP contribution is 2.55. The predicted octanol–water partition coefficient (Wildman–Crippen LogP) is 4.80. The lowest BCUT2D eigenvalue weighted by molar-refractivity contribution is -0.176. The highest BCUT2D eigenvalue weighted by molar-refractivity contribution is 5.80. The molecule has 45 heavy (non-hydrogen) atoms. The van der Waals surface area contributed by atoms with Crippen LogP contribution in [0.2, 0.25) is 0 Å². The molecule has 0 aromatic heterocycles. The van der Waals surface area contributed by atoms with E-state index in [0.29, 0.717) is 24.4 Å². The molecule has 0 radical (unpaired) electrons. The number of hydrogen-bond donors (Lipinski definition) is 1. The summed E-state index contributed by atoms with van der Waals surface area (Å²) in [5.41, 5.74) is -0.650. The van der Waals surface area contributed by atoms with Gasteiger partial charge < -0.3 is 33.5 Å². The van der Waals surface area contributed by atoms with E-state index in [1.54, 1.807) is 14.2 Å². The minimum Gasteiger partial charge on any atom is -0.497 e. The lowest BCUT2D eigenvalue weighted by atomic mass is 9.77. The van der Waals surface area contributed by atoms with Crippen LogP contribution in [-0.2, 0) is 35.0 Å². The summed E-state index contributed by atoms with van der Waals surface area (Å²) in [5, 5.41) is 11.9. The van der Waals surface area contributed by atoms with Crippen LogP contribution in [0.5, 0.6) is 11.5 Å². The van der Waals surface area contributed by atoms with E-state index in [0.717, 1.165) is 74.9 Å². The average molecular weight is 628 g/mol. The number of rotatable bonds is 12. The Bertz CT molecular complexity index is 1300. The van der Waals surface area contributed by atoms with Crippen molar-refractivity contribution >= 4 is 11.9 Å². The molecule has 1 aromatic carbocycles. The van der Waals surface area contributed by atoms with Crippen molar-refractivity contribution < 1.29 is 43.1 Å². The first-order chi connectivity index (χ1) is 21.6. The molecule has 4 atom stereocenters. The van der Waals surface area contributed by atoms with E-state index in [1.807, 2.05) is 19.9 Å². The van der Waals surface area contributed by atoms with Gasteiger partial charge in [0.1, 0.15) is 11.4 Å². The van der Waals surface area contributed by atoms with Gasteiger partial charge in [0, 0.05) is 26.7 Å². The van der Waals surface area contributed by atoms with Crippen molar-refractivity contribution in [1.82, 2.24) is 4.90 Å². The fraction of sp³-hybridized carbons (Fsp3) is 0.714. The third-order valence-corrected chi connectivity index (χ3v) is 10.7. The number of benzene rings is 1. The summed E-state index contributed by atoms with van der Waals surface area (Å²) in [7, 11) is 3.16. The van der Waals surface area contributed by atoms with Gasteiger partial charge in [0.25, 0.3) is 0 Å². The maximum Gasteiger partial charge on any atom is 0.338 e. The van der Waals surface area contributed by atoms with Crippen molar-refractivity contribution in [2.45, 2.75) is 113 Å². The molecule has 1 N–H and O–H groups in total. The lowest BCUT2D eigenvalue weighted by Crippen LogP contribution is -2.49. The Morgan fingerprint density at radius 2 is 1.80 bits per heavy atom. The van der Waals surface area contributed by atoms with E-state index in [2.05, 4.69) is 17.0 Å². The summed E-state index contributed by atoms with van der Waals surface area (Å²) in [6.07, 6.45) is 9.30. The first kappa shape index (κ1) is 32.1. The Morgan fingerprint density at radius 1 is 1.04 bits per heavy atom. The summed E-state index contributed by atoms with van der Waals surface area (Å²) in [6, 6.07) is 4.11. The summed E-state index contributed by atoms with van der Waals surface area (Å²) in [5.74, 6) is 0.933. The van der Waals surface area contributed by atoms with Crippen LogP contribution < -0.4 is 9.47 Å². The molecule has 248 valence electrons. The van der Waals surface area contributed by atoms with Gasteiger partial charge in [0.2, 0.25) is 6.79 Å². The standard InChI is InChI=1S/C35H49NO9/c1-33(2,45-31(37)23-9-5-6-10-23)12-7-14-35(39,15-18-40-3)32(38)44-30-28(41-4)21-34-13-8-16-36(34)17-11-24-19-26-27(43-22-42-26)20-25(24)29(30)34/h19-21,23,29-30,39H,5-18,22H2,1-4H3. The lowest BCUT2D eigenvalue weighted by Gasteiger charge is -2.39. The number of methoxy groups -OCH3 is 2. The number of hydrogen-bond acceptors (Lipinski definition) is 10. The Labute approximate surface area is 266 Å². The third-order valence-electron chi connectivity index (χ3n) is 10.7. The largest absolute Gasteiger partial charge is 0.497 e. The van der Waals surface area contributed by atoms with Crippen molar-refractivity contribution in [2.75, 3.05) is 40.7 Å². The van der Waals surface area contributed by atoms with E-state index >= 15 is 0 Å². The molecule has 10 heteroatoms. The maximum atomic E-state index is 14.1. The Hall–Kier alpha value is -2.82. The first-order valence-corrected chi connectivity index (χ1v) is 16.7. The molecule has 3 heterocycles. The third kappa shape index (κ3) is 6.17. The van der Waals surface area contributed by atoms with Crippen LogP contribution in [0.1, 0.15) is 95.1 Å². The number of fused-ring (bicyclic) bond motifs is 3. The van der Waals surface area contributed by atoms with Gasteiger partial charge in [0.05, 0.1) is 24.5 Å². The van der Waals surface area contributed by atoms with Crippen molar-refractivity contribution in [1.29, 1.82) is 0 Å². The van der Waals surface area contributed by atoms with Crippen LogP contribution in [0.3, 0.4) is 0 Å². The van der Waals surface area contributed by atoms with E-state index in [1.165, 1.54) is 0 Å². The monoisotopic (exact) mass is 627 g/mol. The topological polar surface area (TPSA) is 113 Å². The second kappa shape index (κ2) is 12.8. The van der Waals surface area contributed by atoms with Crippen molar-refractivity contribution in [3.8, 4) is 11.5 Å². The molecule has 4 unspecified atom stereocenters. The van der Waals surface area contributed by atoms with Gasteiger partial charge >= 0.3 is 11.9 Å². The molecule has 3 aliphatic heterocycles. The second-order valence-corrected chi connectivity index (χ2v) is 14.1. The van der Waals surface area contributed by atoms with E-state index in [9.17, 15) is 14.7 Å². The number of carbonyl (C=O) groups is 2. The normalized spacial score (nSPS) is 27.2. The van der Waals surface area contributed by atoms with Crippen LogP contribution in [0.4, 0.5) is 0 Å². The van der Waals surface area contributed by atoms with E-state index < -0.39 is 23.3 Å². The summed E-state index contributed by atoms with van der Waals surface area (Å²) in [4.78, 5) is 29.3. The van der Waals surface area contributed by atoms with E-state index in [-0.39, 0.29) is 49.6 Å². The molecular weight excluding hydrogens is 578 g/mol. The summed E-state index contributed by atoms with van der Waals surface area (Å²) < 4.78 is 34.9. The zero-order valence-electron chi connectivity index (χ0n) is 27.2. The summed E-state index contributed by atoms with van der Waals surface area (Å²) in [6.45, 7) is 5.98. The van der Waals surface area contributed by atoms with Gasteiger partial charge in [0.15, 0.2) is 23.2 Å². The molecule has 5 aliphatic rings. The molecule has 2 fully saturated rings. The van der Waals surface area contributed by atoms with Crippen molar-refractivity contribution in [3.05, 3.63) is 35.1 Å². The molecule has 1 saturated carbocycles. The molecule has 1 aromatic rings. The van der Waals surface area contributed by atoms with Crippen LogP contribution in [0, 0.1) is 5.92 Å². The van der Waals surface area contributed by atoms with E-state index in [4.69, 9.17) is 28.4 Å². The molecule has 2 aliphatic carbocycles. The maximum absolute atomic E-state index is 14.1. The molecular formula is C35H49NO9. The fourth-order valence-electron chi connectivity index (χ4n) is 8.29. The number of nitrogens with zero attached hydrogens (tertiary/aromatic N) is 1. The Morgan fingerprint density at radius 3 is 2.53 bits per heavy atom. The number of carbonyl (C=O) groups excluding carboxylic acids is 2. The minimum absolute atomic E-state index is 0.0271. The Balaban J connectivity index is 1.22. The number of ether oxygens (including phenoxy) is 6. The van der Waals surface area contributed by atoms with Crippen LogP contribution in [0.25, 0.3) is 0 Å². The van der Waals surface area contributed by atoms with Gasteiger partial charge in [-0.05, 0) is 101 Å². The van der Waals surface area contributed by atoms with Crippen molar-refractivity contribution in [3.63, 3.8) is 0 Å². The molecule has 6 rings (SSSR count). The quantitative estimate of drug-likeness (QED) is 0.325. The smallest absolute Gasteiger partial charge is 0.338 e. The first-order valence-electron chi connectivity index (χ1n) is 16.7. The minimum atomic E-state index is -1.78. The average Bonchev–Trinajstić information content (AvgIpc) is 3.81. The van der Waals surface area contributed by atoms with Gasteiger partial charge in [-0.25, -0.2) is 4.79 Å².